The van der Waals surface area contributed by atoms with Gasteiger partial charge < -0.3 is 10.2 Å². The van der Waals surface area contributed by atoms with E-state index in [1.54, 1.807) is 0 Å². The Morgan fingerprint density at radius 3 is 1.81 bits per heavy atom. The molecule has 3 amide bonds. The van der Waals surface area contributed by atoms with Crippen LogP contribution in [0.1, 0.15) is 37.9 Å². The number of nitrogens with one attached hydrogen (secondary N) is 3. The number of quaternary nitrogens is 1. The van der Waals surface area contributed by atoms with Crippen molar-refractivity contribution in [1.82, 2.24) is 10.6 Å². The van der Waals surface area contributed by atoms with Crippen molar-refractivity contribution in [3.05, 3.63) is 71.8 Å². The van der Waals surface area contributed by atoms with E-state index in [2.05, 4.69) is 34.9 Å². The number of hydrogen-bond donors (Lipinski definition) is 3. The van der Waals surface area contributed by atoms with E-state index in [4.69, 9.17) is 0 Å². The third-order valence-electron chi connectivity index (χ3n) is 3.94. The van der Waals surface area contributed by atoms with Gasteiger partial charge in [-0.2, -0.15) is 0 Å². The summed E-state index contributed by atoms with van der Waals surface area (Å²) in [5.41, 5.74) is 1.87. The molecular weight excluding hydrogens is 326 g/mol. The molecule has 138 valence electrons. The quantitative estimate of drug-likeness (QED) is 0.768. The maximum Gasteiger partial charge on any atom is 0.322 e. The molecule has 2 rings (SSSR count). The zero-order valence-corrected chi connectivity index (χ0v) is 15.9. The third-order valence-corrected chi connectivity index (χ3v) is 3.94. The minimum Gasteiger partial charge on any atom is -0.333 e. The first-order valence-electron chi connectivity index (χ1n) is 8.80. The molecule has 5 heteroatoms. The van der Waals surface area contributed by atoms with Crippen LogP contribution >= 0.6 is 0 Å². The van der Waals surface area contributed by atoms with E-state index in [9.17, 15) is 9.59 Å². The molecule has 26 heavy (non-hydrogen) atoms. The molecule has 0 radical (unpaired) electrons. The Morgan fingerprint density at radius 1 is 0.923 bits per heavy atom. The number of carbonyl (C=O) groups excluding carboxylic acids is 2. The van der Waals surface area contributed by atoms with Crippen LogP contribution in [0.25, 0.3) is 0 Å². The number of likely N-dealkylation sites (N-methyl/N-ethyl adjacent to an activating group) is 1. The predicted molar refractivity (Wildman–Crippen MR) is 103 cm³/mol. The van der Waals surface area contributed by atoms with Crippen LogP contribution in [0.3, 0.4) is 0 Å². The minimum atomic E-state index is -0.466. The predicted octanol–water partition coefficient (Wildman–Crippen LogP) is 1.92. The van der Waals surface area contributed by atoms with Gasteiger partial charge in [-0.05, 0) is 20.8 Å². The molecule has 0 saturated carbocycles. The van der Waals surface area contributed by atoms with E-state index >= 15 is 0 Å². The highest BCUT2D eigenvalue weighted by atomic mass is 16.2. The van der Waals surface area contributed by atoms with E-state index in [1.165, 1.54) is 0 Å². The van der Waals surface area contributed by atoms with Crippen molar-refractivity contribution in [2.45, 2.75) is 32.4 Å². The molecule has 1 unspecified atom stereocenters. The summed E-state index contributed by atoms with van der Waals surface area (Å²) >= 11 is 0. The highest BCUT2D eigenvalue weighted by Gasteiger charge is 2.26. The van der Waals surface area contributed by atoms with E-state index in [1.807, 2.05) is 64.2 Å². The van der Waals surface area contributed by atoms with Crippen LogP contribution in [-0.2, 0) is 4.79 Å². The summed E-state index contributed by atoms with van der Waals surface area (Å²) in [5.74, 6) is -0.305. The lowest BCUT2D eigenvalue weighted by Crippen LogP contribution is -3.10. The first-order valence-corrected chi connectivity index (χ1v) is 8.80. The van der Waals surface area contributed by atoms with Gasteiger partial charge in [0.25, 0.3) is 5.91 Å². The maximum atomic E-state index is 12.3. The molecule has 0 aromatic heterocycles. The van der Waals surface area contributed by atoms with E-state index in [0.717, 1.165) is 16.0 Å². The van der Waals surface area contributed by atoms with Gasteiger partial charge in [0.1, 0.15) is 6.04 Å². The van der Waals surface area contributed by atoms with Crippen LogP contribution in [0.15, 0.2) is 60.7 Å². The fourth-order valence-corrected chi connectivity index (χ4v) is 2.95. The number of carbonyl (C=O) groups is 2. The molecule has 0 aliphatic rings. The van der Waals surface area contributed by atoms with E-state index in [-0.39, 0.29) is 24.0 Å². The van der Waals surface area contributed by atoms with E-state index in [0.29, 0.717) is 0 Å². The molecule has 2 aromatic carbocycles. The summed E-state index contributed by atoms with van der Waals surface area (Å²) < 4.78 is 0. The number of amides is 3. The van der Waals surface area contributed by atoms with Gasteiger partial charge in [0.2, 0.25) is 0 Å². The smallest absolute Gasteiger partial charge is 0.322 e. The lowest BCUT2D eigenvalue weighted by atomic mass is 9.97. The zero-order valence-electron chi connectivity index (χ0n) is 15.9. The second-order valence-corrected chi connectivity index (χ2v) is 7.53. The van der Waals surface area contributed by atoms with Gasteiger partial charge >= 0.3 is 6.03 Å². The van der Waals surface area contributed by atoms with Gasteiger partial charge in [-0.1, -0.05) is 60.7 Å². The lowest BCUT2D eigenvalue weighted by Gasteiger charge is -2.26. The molecule has 0 fully saturated rings. The molecule has 0 aliphatic heterocycles. The van der Waals surface area contributed by atoms with Gasteiger partial charge in [0, 0.05) is 16.7 Å². The van der Waals surface area contributed by atoms with Crippen molar-refractivity contribution in [3.8, 4) is 0 Å². The average Bonchev–Trinajstić information content (AvgIpc) is 2.55. The third kappa shape index (κ3) is 6.01. The molecule has 2 aromatic rings. The second-order valence-electron chi connectivity index (χ2n) is 7.53. The van der Waals surface area contributed by atoms with Crippen molar-refractivity contribution < 1.29 is 14.5 Å². The summed E-state index contributed by atoms with van der Waals surface area (Å²) in [7, 11) is 1.96. The van der Waals surface area contributed by atoms with Gasteiger partial charge in [0.15, 0.2) is 6.54 Å². The normalized spacial score (nSPS) is 12.5. The van der Waals surface area contributed by atoms with Gasteiger partial charge in [-0.3, -0.25) is 10.1 Å². The SMILES string of the molecule is C[NH+](CC(=O)NC(=O)NC(C)(C)C)C(c1ccccc1)c1ccccc1. The number of urea groups is 1. The Hall–Kier alpha value is -2.66. The molecule has 1 atom stereocenters. The second kappa shape index (κ2) is 8.63. The van der Waals surface area contributed by atoms with Gasteiger partial charge in [-0.25, -0.2) is 4.79 Å². The number of rotatable bonds is 5. The van der Waals surface area contributed by atoms with Crippen LogP contribution in [0.2, 0.25) is 0 Å². The monoisotopic (exact) mass is 354 g/mol. The Labute approximate surface area is 155 Å². The van der Waals surface area contributed by atoms with Crippen LogP contribution in [0, 0.1) is 0 Å². The molecule has 0 saturated heterocycles. The van der Waals surface area contributed by atoms with Crippen LogP contribution < -0.4 is 15.5 Å². The average molecular weight is 354 g/mol. The maximum absolute atomic E-state index is 12.3. The van der Waals surface area contributed by atoms with Crippen molar-refractivity contribution in [1.29, 1.82) is 0 Å². The number of hydrogen-bond acceptors (Lipinski definition) is 2. The molecular formula is C21H28N3O2+. The van der Waals surface area contributed by atoms with Crippen molar-refractivity contribution in [2.24, 2.45) is 0 Å². The summed E-state index contributed by atoms with van der Waals surface area (Å²) in [4.78, 5) is 25.2. The van der Waals surface area contributed by atoms with Crippen molar-refractivity contribution >= 4 is 11.9 Å². The zero-order chi connectivity index (χ0) is 19.2. The molecule has 5 nitrogen and oxygen atoms in total. The topological polar surface area (TPSA) is 62.6 Å². The first kappa shape index (κ1) is 19.7. The van der Waals surface area contributed by atoms with Gasteiger partial charge in [0.05, 0.1) is 7.05 Å². The summed E-state index contributed by atoms with van der Waals surface area (Å²) in [6.07, 6.45) is 0. The molecule has 0 heterocycles. The number of imide groups is 1. The summed E-state index contributed by atoms with van der Waals surface area (Å²) in [6.45, 7) is 5.80. The highest BCUT2D eigenvalue weighted by molar-refractivity contribution is 5.95. The van der Waals surface area contributed by atoms with Gasteiger partial charge in [-0.15, -0.1) is 0 Å². The Morgan fingerprint density at radius 2 is 1.38 bits per heavy atom. The van der Waals surface area contributed by atoms with Crippen molar-refractivity contribution in [2.75, 3.05) is 13.6 Å². The fraction of sp³-hybridized carbons (Fsp3) is 0.333. The lowest BCUT2D eigenvalue weighted by molar-refractivity contribution is -0.898. The minimum absolute atomic E-state index is 0.00817. The fourth-order valence-electron chi connectivity index (χ4n) is 2.95. The molecule has 3 N–H and O–H groups in total. The molecule has 0 spiro atoms. The van der Waals surface area contributed by atoms with Crippen LogP contribution in [0.5, 0.6) is 0 Å². The van der Waals surface area contributed by atoms with Crippen LogP contribution in [0.4, 0.5) is 4.79 Å². The standard InChI is InChI=1S/C21H27N3O2/c1-21(2,3)23-20(26)22-18(25)15-24(4)19(16-11-7-5-8-12-16)17-13-9-6-10-14-17/h5-14,19H,15H2,1-4H3,(H2,22,23,25,26)/p+1. The summed E-state index contributed by atoms with van der Waals surface area (Å²) in [6, 6.07) is 19.7. The Kier molecular flexibility index (Phi) is 6.52. The van der Waals surface area contributed by atoms with E-state index < -0.39 is 6.03 Å². The Balaban J connectivity index is 2.11. The molecule has 0 aliphatic carbocycles. The van der Waals surface area contributed by atoms with Crippen molar-refractivity contribution in [3.63, 3.8) is 0 Å². The molecule has 0 bridgehead atoms. The largest absolute Gasteiger partial charge is 0.333 e. The first-order chi connectivity index (χ1) is 12.3. The number of benzene rings is 2. The van der Waals surface area contributed by atoms with Crippen LogP contribution in [-0.4, -0.2) is 31.1 Å². The summed E-state index contributed by atoms with van der Waals surface area (Å²) in [5, 5.41) is 5.15. The Bertz CT molecular complexity index is 684. The highest BCUT2D eigenvalue weighted by Crippen LogP contribution is 2.18.